The van der Waals surface area contributed by atoms with Crippen LogP contribution >= 0.6 is 0 Å². The first-order valence-corrected chi connectivity index (χ1v) is 10.0. The second kappa shape index (κ2) is 7.75. The van der Waals surface area contributed by atoms with Gasteiger partial charge in [-0.25, -0.2) is 0 Å². The van der Waals surface area contributed by atoms with Gasteiger partial charge in [-0.15, -0.1) is 0 Å². The van der Waals surface area contributed by atoms with E-state index >= 15 is 0 Å². The number of aliphatic hydroxyl groups excluding tert-OH is 1. The molecule has 25 heavy (non-hydrogen) atoms. The molecule has 1 aliphatic carbocycles. The number of likely N-dealkylation sites (tertiary alicyclic amines) is 1. The van der Waals surface area contributed by atoms with Gasteiger partial charge in [-0.1, -0.05) is 31.2 Å². The fourth-order valence-corrected chi connectivity index (χ4v) is 5.23. The molecule has 0 spiro atoms. The number of morpholine rings is 1. The van der Waals surface area contributed by atoms with E-state index in [2.05, 4.69) is 41.0 Å². The van der Waals surface area contributed by atoms with Gasteiger partial charge in [0.05, 0.1) is 19.3 Å². The van der Waals surface area contributed by atoms with Crippen LogP contribution in [-0.4, -0.2) is 66.4 Å². The molecule has 1 aromatic rings. The first kappa shape index (κ1) is 17.5. The molecule has 4 nitrogen and oxygen atoms in total. The number of fused-ring (bicyclic) bond motifs is 1. The molecule has 1 aromatic carbocycles. The fraction of sp³-hybridized carbons (Fsp3) is 0.714. The van der Waals surface area contributed by atoms with Gasteiger partial charge < -0.3 is 9.84 Å². The summed E-state index contributed by atoms with van der Waals surface area (Å²) < 4.78 is 5.49. The standard InChI is InChI=1S/C21H32N2O2/c1-2-16-5-3-4-6-17(16)13-22-14-18-11-20(21(24)12-19(18)15-22)23-7-9-25-10-8-23/h3-6,18-21,24H,2,7-15H2,1H3/t18-,19+,20-,21-/m1/s1. The van der Waals surface area contributed by atoms with Crippen LogP contribution in [0.4, 0.5) is 0 Å². The van der Waals surface area contributed by atoms with Gasteiger partial charge in [-0.05, 0) is 42.2 Å². The molecule has 4 atom stereocenters. The number of aliphatic hydroxyl groups is 1. The topological polar surface area (TPSA) is 35.9 Å². The lowest BCUT2D eigenvalue weighted by Crippen LogP contribution is -2.53. The molecular weight excluding hydrogens is 312 g/mol. The average Bonchev–Trinajstić information content (AvgIpc) is 3.03. The average molecular weight is 344 g/mol. The van der Waals surface area contributed by atoms with Gasteiger partial charge in [0, 0.05) is 38.8 Å². The molecule has 3 fully saturated rings. The van der Waals surface area contributed by atoms with Gasteiger partial charge >= 0.3 is 0 Å². The van der Waals surface area contributed by atoms with Crippen LogP contribution in [0.25, 0.3) is 0 Å². The molecule has 0 unspecified atom stereocenters. The summed E-state index contributed by atoms with van der Waals surface area (Å²) >= 11 is 0. The summed E-state index contributed by atoms with van der Waals surface area (Å²) in [6.45, 7) is 9.24. The smallest absolute Gasteiger partial charge is 0.0698 e. The summed E-state index contributed by atoms with van der Waals surface area (Å²) in [5, 5.41) is 10.7. The van der Waals surface area contributed by atoms with Crippen molar-refractivity contribution in [3.63, 3.8) is 0 Å². The Morgan fingerprint density at radius 3 is 2.44 bits per heavy atom. The number of benzene rings is 1. The van der Waals surface area contributed by atoms with E-state index in [0.29, 0.717) is 12.0 Å². The van der Waals surface area contributed by atoms with Crippen molar-refractivity contribution in [3.05, 3.63) is 35.4 Å². The Kier molecular flexibility index (Phi) is 5.41. The Balaban J connectivity index is 1.39. The summed E-state index contributed by atoms with van der Waals surface area (Å²) in [6.07, 6.45) is 3.06. The highest BCUT2D eigenvalue weighted by atomic mass is 16.5. The summed E-state index contributed by atoms with van der Waals surface area (Å²) in [6, 6.07) is 9.20. The lowest BCUT2D eigenvalue weighted by atomic mass is 9.77. The van der Waals surface area contributed by atoms with E-state index in [0.717, 1.165) is 64.6 Å². The van der Waals surface area contributed by atoms with Gasteiger partial charge in [-0.2, -0.15) is 0 Å². The predicted octanol–water partition coefficient (Wildman–Crippen LogP) is 2.15. The fourth-order valence-electron chi connectivity index (χ4n) is 5.23. The maximum absolute atomic E-state index is 10.7. The second-order valence-corrected chi connectivity index (χ2v) is 8.09. The largest absolute Gasteiger partial charge is 0.391 e. The normalized spacial score (nSPS) is 34.2. The zero-order chi connectivity index (χ0) is 17.2. The van der Waals surface area contributed by atoms with Gasteiger partial charge in [0.2, 0.25) is 0 Å². The Morgan fingerprint density at radius 1 is 1.04 bits per heavy atom. The highest BCUT2D eigenvalue weighted by Gasteiger charge is 2.43. The third-order valence-electron chi connectivity index (χ3n) is 6.59. The quantitative estimate of drug-likeness (QED) is 0.908. The molecule has 2 heterocycles. The molecule has 3 aliphatic rings. The number of aryl methyl sites for hydroxylation is 1. The molecule has 0 radical (unpaired) electrons. The molecule has 0 amide bonds. The molecule has 0 bridgehead atoms. The molecule has 1 saturated carbocycles. The van der Waals surface area contributed by atoms with Gasteiger partial charge in [0.1, 0.15) is 0 Å². The minimum atomic E-state index is -0.165. The lowest BCUT2D eigenvalue weighted by molar-refractivity contribution is -0.0520. The first-order chi connectivity index (χ1) is 12.2. The Morgan fingerprint density at radius 2 is 1.72 bits per heavy atom. The van der Waals surface area contributed by atoms with Crippen molar-refractivity contribution in [1.82, 2.24) is 9.80 Å². The Labute approximate surface area is 151 Å². The van der Waals surface area contributed by atoms with Crippen LogP contribution < -0.4 is 0 Å². The van der Waals surface area contributed by atoms with E-state index in [1.165, 1.54) is 17.7 Å². The van der Waals surface area contributed by atoms with Gasteiger partial charge in [0.25, 0.3) is 0 Å². The van der Waals surface area contributed by atoms with E-state index < -0.39 is 0 Å². The monoisotopic (exact) mass is 344 g/mol. The van der Waals surface area contributed by atoms with Crippen molar-refractivity contribution in [3.8, 4) is 0 Å². The maximum atomic E-state index is 10.7. The molecule has 4 rings (SSSR count). The van der Waals surface area contributed by atoms with Crippen molar-refractivity contribution < 1.29 is 9.84 Å². The molecule has 1 N–H and O–H groups in total. The molecular formula is C21H32N2O2. The Bertz CT molecular complexity index is 573. The van der Waals surface area contributed by atoms with Crippen LogP contribution in [0.5, 0.6) is 0 Å². The lowest BCUT2D eigenvalue weighted by Gasteiger charge is -2.43. The summed E-state index contributed by atoms with van der Waals surface area (Å²) in [5.74, 6) is 1.41. The van der Waals surface area contributed by atoms with E-state index in [9.17, 15) is 5.11 Å². The molecule has 2 aliphatic heterocycles. The van der Waals surface area contributed by atoms with Crippen LogP contribution in [-0.2, 0) is 17.7 Å². The molecule has 4 heteroatoms. The van der Waals surface area contributed by atoms with Crippen molar-refractivity contribution in [2.45, 2.75) is 44.9 Å². The van der Waals surface area contributed by atoms with Crippen LogP contribution in [0.2, 0.25) is 0 Å². The third-order valence-corrected chi connectivity index (χ3v) is 6.59. The first-order valence-electron chi connectivity index (χ1n) is 10.0. The Hall–Kier alpha value is -0.940. The minimum absolute atomic E-state index is 0.165. The second-order valence-electron chi connectivity index (χ2n) is 8.09. The van der Waals surface area contributed by atoms with E-state index in [1.807, 2.05) is 0 Å². The van der Waals surface area contributed by atoms with E-state index in [4.69, 9.17) is 4.74 Å². The summed E-state index contributed by atoms with van der Waals surface area (Å²) in [7, 11) is 0. The predicted molar refractivity (Wildman–Crippen MR) is 99.5 cm³/mol. The third kappa shape index (κ3) is 3.77. The number of rotatable bonds is 4. The van der Waals surface area contributed by atoms with Gasteiger partial charge in [0.15, 0.2) is 0 Å². The van der Waals surface area contributed by atoms with Crippen molar-refractivity contribution in [1.29, 1.82) is 0 Å². The number of ether oxygens (including phenoxy) is 1. The SMILES string of the molecule is CCc1ccccc1CN1C[C@H]2C[C@@H](N3CCOCC3)[C@H](O)C[C@H]2C1. The van der Waals surface area contributed by atoms with Crippen LogP contribution in [0.3, 0.4) is 0 Å². The maximum Gasteiger partial charge on any atom is 0.0698 e. The minimum Gasteiger partial charge on any atom is -0.391 e. The van der Waals surface area contributed by atoms with E-state index in [-0.39, 0.29) is 6.10 Å². The van der Waals surface area contributed by atoms with Crippen molar-refractivity contribution in [2.24, 2.45) is 11.8 Å². The molecule has 138 valence electrons. The van der Waals surface area contributed by atoms with Gasteiger partial charge in [-0.3, -0.25) is 9.80 Å². The zero-order valence-electron chi connectivity index (χ0n) is 15.4. The summed E-state index contributed by atoms with van der Waals surface area (Å²) in [5.41, 5.74) is 2.96. The molecule has 2 saturated heterocycles. The van der Waals surface area contributed by atoms with E-state index in [1.54, 1.807) is 0 Å². The molecule has 0 aromatic heterocycles. The van der Waals surface area contributed by atoms with Crippen molar-refractivity contribution in [2.75, 3.05) is 39.4 Å². The van der Waals surface area contributed by atoms with Crippen molar-refractivity contribution >= 4 is 0 Å². The van der Waals surface area contributed by atoms with Crippen LogP contribution in [0.1, 0.15) is 30.9 Å². The summed E-state index contributed by atoms with van der Waals surface area (Å²) in [4.78, 5) is 5.09. The van der Waals surface area contributed by atoms with Crippen LogP contribution in [0, 0.1) is 11.8 Å². The highest BCUT2D eigenvalue weighted by Crippen LogP contribution is 2.39. The number of hydrogen-bond acceptors (Lipinski definition) is 4. The highest BCUT2D eigenvalue weighted by molar-refractivity contribution is 5.27. The number of nitrogens with zero attached hydrogens (tertiary/aromatic N) is 2. The number of hydrogen-bond donors (Lipinski definition) is 1. The zero-order valence-corrected chi connectivity index (χ0v) is 15.4. The van der Waals surface area contributed by atoms with Crippen LogP contribution in [0.15, 0.2) is 24.3 Å².